The van der Waals surface area contributed by atoms with Crippen molar-refractivity contribution in [2.24, 2.45) is 5.92 Å². The molecular weight excluding hydrogens is 271 g/mol. The van der Waals surface area contributed by atoms with Gasteiger partial charge in [0, 0.05) is 6.54 Å². The molecule has 0 aliphatic carbocycles. The third kappa shape index (κ3) is 3.60. The van der Waals surface area contributed by atoms with Gasteiger partial charge in [0.1, 0.15) is 11.9 Å². The van der Waals surface area contributed by atoms with Crippen LogP contribution < -0.4 is 5.32 Å². The van der Waals surface area contributed by atoms with Crippen molar-refractivity contribution in [3.05, 3.63) is 35.1 Å². The van der Waals surface area contributed by atoms with Crippen molar-refractivity contribution in [1.29, 1.82) is 0 Å². The van der Waals surface area contributed by atoms with E-state index in [0.717, 1.165) is 11.1 Å². The van der Waals surface area contributed by atoms with Crippen molar-refractivity contribution < 1.29 is 14.0 Å². The first-order chi connectivity index (χ1) is 9.88. The molecule has 21 heavy (non-hydrogen) atoms. The molecule has 0 saturated carbocycles. The Morgan fingerprint density at radius 1 is 1.38 bits per heavy atom. The van der Waals surface area contributed by atoms with Gasteiger partial charge in [0.2, 0.25) is 11.8 Å². The van der Waals surface area contributed by atoms with Crippen molar-refractivity contribution in [3.63, 3.8) is 0 Å². The van der Waals surface area contributed by atoms with Crippen LogP contribution in [0.2, 0.25) is 0 Å². The second-order valence-corrected chi connectivity index (χ2v) is 5.96. The zero-order valence-corrected chi connectivity index (χ0v) is 12.6. The normalized spacial score (nSPS) is 19.1. The quantitative estimate of drug-likeness (QED) is 0.923. The molecule has 1 aromatic rings. The Balaban J connectivity index is 2.24. The Hall–Kier alpha value is -1.91. The zero-order chi connectivity index (χ0) is 15.6. The molecule has 0 spiro atoms. The first-order valence-corrected chi connectivity index (χ1v) is 7.20. The fraction of sp³-hybridized carbons (Fsp3) is 0.500. The van der Waals surface area contributed by atoms with Crippen molar-refractivity contribution in [2.75, 3.05) is 6.54 Å². The highest BCUT2D eigenvalue weighted by Crippen LogP contribution is 2.20. The second-order valence-electron chi connectivity index (χ2n) is 5.96. The van der Waals surface area contributed by atoms with Crippen LogP contribution in [-0.2, 0) is 16.1 Å². The number of carbonyl (C=O) groups is 2. The predicted molar refractivity (Wildman–Crippen MR) is 77.9 cm³/mol. The van der Waals surface area contributed by atoms with E-state index in [9.17, 15) is 14.0 Å². The summed E-state index contributed by atoms with van der Waals surface area (Å²) in [4.78, 5) is 25.8. The van der Waals surface area contributed by atoms with E-state index < -0.39 is 6.04 Å². The summed E-state index contributed by atoms with van der Waals surface area (Å²) < 4.78 is 13.2. The molecule has 1 fully saturated rings. The minimum absolute atomic E-state index is 0.0354. The number of benzene rings is 1. The van der Waals surface area contributed by atoms with Gasteiger partial charge in [-0.05, 0) is 42.5 Å². The van der Waals surface area contributed by atoms with E-state index >= 15 is 0 Å². The molecule has 2 rings (SSSR count). The topological polar surface area (TPSA) is 49.4 Å². The molecule has 1 atom stereocenters. The molecule has 1 aromatic carbocycles. The van der Waals surface area contributed by atoms with Gasteiger partial charge in [-0.2, -0.15) is 0 Å². The maximum atomic E-state index is 13.2. The SMILES string of the molecule is Cc1cc(F)ccc1CN1C(=O)CNC(=O)C1CC(C)C. The molecule has 0 bridgehead atoms. The lowest BCUT2D eigenvalue weighted by Crippen LogP contribution is -2.58. The summed E-state index contributed by atoms with van der Waals surface area (Å²) in [5.74, 6) is -0.187. The average Bonchev–Trinajstić information content (AvgIpc) is 2.40. The van der Waals surface area contributed by atoms with Gasteiger partial charge in [0.05, 0.1) is 6.54 Å². The van der Waals surface area contributed by atoms with E-state index in [4.69, 9.17) is 0 Å². The van der Waals surface area contributed by atoms with Gasteiger partial charge >= 0.3 is 0 Å². The maximum Gasteiger partial charge on any atom is 0.243 e. The molecule has 0 aromatic heterocycles. The van der Waals surface area contributed by atoms with E-state index in [1.165, 1.54) is 12.1 Å². The molecule has 1 saturated heterocycles. The first-order valence-electron chi connectivity index (χ1n) is 7.20. The van der Waals surface area contributed by atoms with Gasteiger partial charge in [-0.1, -0.05) is 19.9 Å². The molecule has 0 radical (unpaired) electrons. The van der Waals surface area contributed by atoms with Crippen LogP contribution in [-0.4, -0.2) is 29.3 Å². The maximum absolute atomic E-state index is 13.2. The summed E-state index contributed by atoms with van der Waals surface area (Å²) in [6.45, 7) is 6.23. The van der Waals surface area contributed by atoms with E-state index in [1.807, 2.05) is 20.8 Å². The van der Waals surface area contributed by atoms with Crippen LogP contribution in [0.5, 0.6) is 0 Å². The van der Waals surface area contributed by atoms with Crippen LogP contribution in [0.4, 0.5) is 4.39 Å². The summed E-state index contributed by atoms with van der Waals surface area (Å²) in [5, 5.41) is 2.64. The number of amides is 2. The fourth-order valence-electron chi connectivity index (χ4n) is 2.60. The summed E-state index contributed by atoms with van der Waals surface area (Å²) in [5.41, 5.74) is 1.66. The van der Waals surface area contributed by atoms with Crippen molar-refractivity contribution in [3.8, 4) is 0 Å². The monoisotopic (exact) mass is 292 g/mol. The van der Waals surface area contributed by atoms with E-state index in [2.05, 4.69) is 5.32 Å². The number of piperazine rings is 1. The molecule has 2 amide bonds. The summed E-state index contributed by atoms with van der Waals surface area (Å²) in [6, 6.07) is 4.06. The van der Waals surface area contributed by atoms with Crippen molar-refractivity contribution in [1.82, 2.24) is 10.2 Å². The lowest BCUT2D eigenvalue weighted by atomic mass is 9.98. The van der Waals surface area contributed by atoms with Gasteiger partial charge in [-0.15, -0.1) is 0 Å². The number of nitrogens with one attached hydrogen (secondary N) is 1. The van der Waals surface area contributed by atoms with Gasteiger partial charge in [-0.3, -0.25) is 9.59 Å². The van der Waals surface area contributed by atoms with Crippen LogP contribution in [0.15, 0.2) is 18.2 Å². The number of rotatable bonds is 4. The molecule has 114 valence electrons. The largest absolute Gasteiger partial charge is 0.345 e. The van der Waals surface area contributed by atoms with Crippen LogP contribution in [0, 0.1) is 18.7 Å². The fourth-order valence-corrected chi connectivity index (χ4v) is 2.60. The Kier molecular flexibility index (Phi) is 4.60. The molecular formula is C16H21FN2O2. The van der Waals surface area contributed by atoms with Gasteiger partial charge in [-0.25, -0.2) is 4.39 Å². The highest BCUT2D eigenvalue weighted by atomic mass is 19.1. The zero-order valence-electron chi connectivity index (χ0n) is 12.6. The summed E-state index contributed by atoms with van der Waals surface area (Å²) in [6.07, 6.45) is 0.623. The predicted octanol–water partition coefficient (Wildman–Crippen LogP) is 2.01. The smallest absolute Gasteiger partial charge is 0.243 e. The highest BCUT2D eigenvalue weighted by Gasteiger charge is 2.34. The van der Waals surface area contributed by atoms with E-state index in [1.54, 1.807) is 11.0 Å². The van der Waals surface area contributed by atoms with Crippen molar-refractivity contribution in [2.45, 2.75) is 39.8 Å². The average molecular weight is 292 g/mol. The number of halogens is 1. The summed E-state index contributed by atoms with van der Waals surface area (Å²) in [7, 11) is 0. The van der Waals surface area contributed by atoms with E-state index in [0.29, 0.717) is 18.9 Å². The summed E-state index contributed by atoms with van der Waals surface area (Å²) >= 11 is 0. The minimum atomic E-state index is -0.448. The highest BCUT2D eigenvalue weighted by molar-refractivity contribution is 5.94. The Morgan fingerprint density at radius 3 is 2.71 bits per heavy atom. The lowest BCUT2D eigenvalue weighted by Gasteiger charge is -2.36. The number of hydrogen-bond donors (Lipinski definition) is 1. The first kappa shape index (κ1) is 15.5. The third-order valence-corrected chi connectivity index (χ3v) is 3.75. The van der Waals surface area contributed by atoms with Gasteiger partial charge in [0.25, 0.3) is 0 Å². The Bertz CT molecular complexity index is 557. The second kappa shape index (κ2) is 6.24. The number of carbonyl (C=O) groups excluding carboxylic acids is 2. The van der Waals surface area contributed by atoms with Crippen molar-refractivity contribution >= 4 is 11.8 Å². The van der Waals surface area contributed by atoms with Gasteiger partial charge in [0.15, 0.2) is 0 Å². The molecule has 1 unspecified atom stereocenters. The van der Waals surface area contributed by atoms with Crippen LogP contribution >= 0.6 is 0 Å². The standard InChI is InChI=1S/C16H21FN2O2/c1-10(2)6-14-16(21)18-8-15(20)19(14)9-12-4-5-13(17)7-11(12)3/h4-5,7,10,14H,6,8-9H2,1-3H3,(H,18,21). The molecule has 1 heterocycles. The van der Waals surface area contributed by atoms with Crippen LogP contribution in [0.25, 0.3) is 0 Å². The third-order valence-electron chi connectivity index (χ3n) is 3.75. The molecule has 1 aliphatic heterocycles. The van der Waals surface area contributed by atoms with Gasteiger partial charge < -0.3 is 10.2 Å². The van der Waals surface area contributed by atoms with Crippen LogP contribution in [0.3, 0.4) is 0 Å². The number of hydrogen-bond acceptors (Lipinski definition) is 2. The number of nitrogens with zero attached hydrogens (tertiary/aromatic N) is 1. The van der Waals surface area contributed by atoms with E-state index in [-0.39, 0.29) is 24.2 Å². The van der Waals surface area contributed by atoms with Crippen LogP contribution in [0.1, 0.15) is 31.4 Å². The molecule has 1 N–H and O–H groups in total. The minimum Gasteiger partial charge on any atom is -0.345 e. The molecule has 4 nitrogen and oxygen atoms in total. The molecule has 1 aliphatic rings. The lowest BCUT2D eigenvalue weighted by molar-refractivity contribution is -0.146. The Morgan fingerprint density at radius 2 is 2.10 bits per heavy atom. The number of aryl methyl sites for hydroxylation is 1. The molecule has 5 heteroatoms. The Labute approximate surface area is 124 Å².